The van der Waals surface area contributed by atoms with E-state index in [1.807, 2.05) is 54.6 Å². The molecular weight excluding hydrogens is 352 g/mol. The first-order valence-corrected chi connectivity index (χ1v) is 9.45. The second-order valence-electron chi connectivity index (χ2n) is 7.21. The summed E-state index contributed by atoms with van der Waals surface area (Å²) in [5, 5.41) is 8.12. The molecule has 1 fully saturated rings. The lowest BCUT2D eigenvalue weighted by Crippen LogP contribution is -2.36. The minimum absolute atomic E-state index is 0.0859. The van der Waals surface area contributed by atoms with Gasteiger partial charge in [0.15, 0.2) is 0 Å². The van der Waals surface area contributed by atoms with Crippen LogP contribution in [0.3, 0.4) is 0 Å². The number of carbonyl (C=O) groups is 1. The summed E-state index contributed by atoms with van der Waals surface area (Å²) in [6.07, 6.45) is 0.937. The monoisotopic (exact) mass is 372 g/mol. The first-order chi connectivity index (χ1) is 13.7. The molecule has 6 heteroatoms. The number of aromatic nitrogens is 2. The molecular formula is C22H20N4O2. The quantitative estimate of drug-likeness (QED) is 0.446. The summed E-state index contributed by atoms with van der Waals surface area (Å²) in [6.45, 7) is 1.72. The molecule has 1 unspecified atom stereocenters. The van der Waals surface area contributed by atoms with Crippen LogP contribution in [0.5, 0.6) is 0 Å². The normalized spacial score (nSPS) is 16.6. The lowest BCUT2D eigenvalue weighted by molar-refractivity contribution is 0.0942. The van der Waals surface area contributed by atoms with Crippen LogP contribution in [0.1, 0.15) is 16.8 Å². The Hall–Kier alpha value is -3.38. The maximum Gasteiger partial charge on any atom is 0.257 e. The van der Waals surface area contributed by atoms with Gasteiger partial charge in [-0.3, -0.25) is 9.59 Å². The zero-order valence-electron chi connectivity index (χ0n) is 15.2. The molecule has 28 heavy (non-hydrogen) atoms. The van der Waals surface area contributed by atoms with E-state index >= 15 is 0 Å². The van der Waals surface area contributed by atoms with Gasteiger partial charge in [0.2, 0.25) is 0 Å². The van der Waals surface area contributed by atoms with E-state index in [0.717, 1.165) is 41.3 Å². The lowest BCUT2D eigenvalue weighted by Gasteiger charge is -2.11. The smallest absolute Gasteiger partial charge is 0.257 e. The van der Waals surface area contributed by atoms with Crippen molar-refractivity contribution >= 4 is 27.7 Å². The number of benzene rings is 2. The van der Waals surface area contributed by atoms with E-state index in [1.165, 1.54) is 0 Å². The van der Waals surface area contributed by atoms with Crippen LogP contribution in [0.2, 0.25) is 0 Å². The van der Waals surface area contributed by atoms with Crippen LogP contribution in [0.15, 0.2) is 59.4 Å². The zero-order valence-corrected chi connectivity index (χ0v) is 15.2. The molecule has 2 aromatic heterocycles. The Kier molecular flexibility index (Phi) is 3.98. The van der Waals surface area contributed by atoms with Gasteiger partial charge in [0.1, 0.15) is 0 Å². The summed E-state index contributed by atoms with van der Waals surface area (Å²) in [4.78, 5) is 31.6. The minimum Gasteiger partial charge on any atom is -0.354 e. The van der Waals surface area contributed by atoms with E-state index in [2.05, 4.69) is 20.6 Å². The molecule has 1 saturated heterocycles. The van der Waals surface area contributed by atoms with E-state index in [4.69, 9.17) is 0 Å². The van der Waals surface area contributed by atoms with Gasteiger partial charge in [0.05, 0.1) is 11.3 Å². The average molecular weight is 372 g/mol. The molecule has 1 atom stereocenters. The molecule has 4 aromatic rings. The minimum atomic E-state index is -0.159. The van der Waals surface area contributed by atoms with Crippen LogP contribution in [0, 0.1) is 0 Å². The summed E-state index contributed by atoms with van der Waals surface area (Å²) in [5.74, 6) is -0.0859. The number of nitrogens with one attached hydrogen (secondary N) is 4. The summed E-state index contributed by atoms with van der Waals surface area (Å²) < 4.78 is 0. The molecule has 4 N–H and O–H groups in total. The SMILES string of the molecule is O=C(NC1CCNC1)c1cccc2[nH]c(-c3cc4ccccc4[nH]c3=O)cc12. The number of pyridine rings is 1. The first kappa shape index (κ1) is 16.8. The van der Waals surface area contributed by atoms with Crippen molar-refractivity contribution in [2.45, 2.75) is 12.5 Å². The fourth-order valence-electron chi connectivity index (χ4n) is 3.89. The molecule has 3 heterocycles. The molecule has 0 aliphatic carbocycles. The lowest BCUT2D eigenvalue weighted by atomic mass is 10.1. The van der Waals surface area contributed by atoms with Gasteiger partial charge in [-0.15, -0.1) is 0 Å². The Morgan fingerprint density at radius 1 is 1.00 bits per heavy atom. The van der Waals surface area contributed by atoms with E-state index in [9.17, 15) is 9.59 Å². The fraction of sp³-hybridized carbons (Fsp3) is 0.182. The van der Waals surface area contributed by atoms with Crippen LogP contribution in [0.25, 0.3) is 33.1 Å². The second kappa shape index (κ2) is 6.65. The highest BCUT2D eigenvalue weighted by atomic mass is 16.1. The van der Waals surface area contributed by atoms with Gasteiger partial charge in [-0.2, -0.15) is 0 Å². The van der Waals surface area contributed by atoms with Crippen molar-refractivity contribution in [1.29, 1.82) is 0 Å². The largest absolute Gasteiger partial charge is 0.354 e. The van der Waals surface area contributed by atoms with Crippen molar-refractivity contribution in [2.24, 2.45) is 0 Å². The predicted molar refractivity (Wildman–Crippen MR) is 111 cm³/mol. The van der Waals surface area contributed by atoms with Crippen LogP contribution >= 0.6 is 0 Å². The number of rotatable bonds is 3. The van der Waals surface area contributed by atoms with Gasteiger partial charge in [-0.25, -0.2) is 0 Å². The third-order valence-corrected chi connectivity index (χ3v) is 5.35. The highest BCUT2D eigenvalue weighted by Crippen LogP contribution is 2.26. The van der Waals surface area contributed by atoms with Gasteiger partial charge in [-0.05, 0) is 48.7 Å². The molecule has 0 radical (unpaired) electrons. The summed E-state index contributed by atoms with van der Waals surface area (Å²) in [5.41, 5.74) is 3.35. The Labute approximate surface area is 161 Å². The Morgan fingerprint density at radius 3 is 2.71 bits per heavy atom. The number of hydrogen-bond donors (Lipinski definition) is 4. The van der Waals surface area contributed by atoms with Crippen LogP contribution in [-0.2, 0) is 0 Å². The van der Waals surface area contributed by atoms with E-state index in [1.54, 1.807) is 0 Å². The van der Waals surface area contributed by atoms with Gasteiger partial charge in [0.25, 0.3) is 11.5 Å². The van der Waals surface area contributed by atoms with Crippen molar-refractivity contribution in [3.05, 3.63) is 70.5 Å². The summed E-state index contributed by atoms with van der Waals surface area (Å²) in [6, 6.07) is 17.2. The van der Waals surface area contributed by atoms with E-state index in [0.29, 0.717) is 16.8 Å². The third kappa shape index (κ3) is 2.88. The number of H-pyrrole nitrogens is 2. The Bertz CT molecular complexity index is 1250. The molecule has 5 rings (SSSR count). The number of carbonyl (C=O) groups excluding carboxylic acids is 1. The van der Waals surface area contributed by atoms with Gasteiger partial charge >= 0.3 is 0 Å². The maximum absolute atomic E-state index is 12.8. The predicted octanol–water partition coefficient (Wildman–Crippen LogP) is 2.77. The topological polar surface area (TPSA) is 89.8 Å². The fourth-order valence-corrected chi connectivity index (χ4v) is 3.89. The molecule has 1 aliphatic heterocycles. The van der Waals surface area contributed by atoms with Crippen LogP contribution < -0.4 is 16.2 Å². The second-order valence-corrected chi connectivity index (χ2v) is 7.21. The van der Waals surface area contributed by atoms with Crippen molar-refractivity contribution in [2.75, 3.05) is 13.1 Å². The third-order valence-electron chi connectivity index (χ3n) is 5.35. The number of amides is 1. The molecule has 6 nitrogen and oxygen atoms in total. The van der Waals surface area contributed by atoms with Crippen molar-refractivity contribution < 1.29 is 4.79 Å². The van der Waals surface area contributed by atoms with Crippen LogP contribution in [0.4, 0.5) is 0 Å². The van der Waals surface area contributed by atoms with Gasteiger partial charge in [0, 0.05) is 34.6 Å². The van der Waals surface area contributed by atoms with E-state index in [-0.39, 0.29) is 17.5 Å². The van der Waals surface area contributed by atoms with Gasteiger partial charge < -0.3 is 20.6 Å². The summed E-state index contributed by atoms with van der Waals surface area (Å²) >= 11 is 0. The summed E-state index contributed by atoms with van der Waals surface area (Å²) in [7, 11) is 0. The van der Waals surface area contributed by atoms with E-state index < -0.39 is 0 Å². The molecule has 0 saturated carbocycles. The number of aromatic amines is 2. The molecule has 2 aromatic carbocycles. The van der Waals surface area contributed by atoms with Crippen molar-refractivity contribution in [3.8, 4) is 11.3 Å². The number of hydrogen-bond acceptors (Lipinski definition) is 3. The molecule has 0 spiro atoms. The molecule has 1 aliphatic rings. The van der Waals surface area contributed by atoms with Crippen LogP contribution in [-0.4, -0.2) is 35.0 Å². The Balaban J connectivity index is 1.58. The van der Waals surface area contributed by atoms with Crippen molar-refractivity contribution in [3.63, 3.8) is 0 Å². The molecule has 140 valence electrons. The molecule has 1 amide bonds. The van der Waals surface area contributed by atoms with Gasteiger partial charge in [-0.1, -0.05) is 24.3 Å². The average Bonchev–Trinajstić information content (AvgIpc) is 3.36. The number of fused-ring (bicyclic) bond motifs is 2. The highest BCUT2D eigenvalue weighted by Gasteiger charge is 2.20. The Morgan fingerprint density at radius 2 is 1.86 bits per heavy atom. The zero-order chi connectivity index (χ0) is 19.1. The maximum atomic E-state index is 12.8. The highest BCUT2D eigenvalue weighted by molar-refractivity contribution is 6.07. The van der Waals surface area contributed by atoms with Crippen molar-refractivity contribution in [1.82, 2.24) is 20.6 Å². The molecule has 0 bridgehead atoms. The first-order valence-electron chi connectivity index (χ1n) is 9.45. The standard InChI is InChI=1S/C22H20N4O2/c27-21(24-14-8-9-23-12-14)15-5-3-7-19-16(15)11-20(25-19)17-10-13-4-1-2-6-18(13)26-22(17)28/h1-7,10-11,14,23,25H,8-9,12H2,(H,24,27)(H,26,28). The number of para-hydroxylation sites is 1.